The molecule has 0 saturated carbocycles. The summed E-state index contributed by atoms with van der Waals surface area (Å²) in [4.78, 5) is 35.4. The van der Waals surface area contributed by atoms with Crippen molar-refractivity contribution < 1.29 is 27.9 Å². The maximum absolute atomic E-state index is 14.0. The number of carbonyl (C=O) groups excluding carboxylic acids is 1. The molecule has 4 N–H and O–H groups in total. The average Bonchev–Trinajstić information content (AvgIpc) is 3.60. The molecule has 5 rings (SSSR count). The number of halogens is 3. The molecule has 4 aromatic rings. The summed E-state index contributed by atoms with van der Waals surface area (Å²) in [6.07, 6.45) is -2.12. The number of hydrogen-bond donors (Lipinski definition) is 4. The topological polar surface area (TPSA) is 114 Å². The Labute approximate surface area is 246 Å². The zero-order chi connectivity index (χ0) is 30.9. The third-order valence-electron chi connectivity index (χ3n) is 7.84. The molecule has 226 valence electrons. The molecule has 1 fully saturated rings. The first kappa shape index (κ1) is 30.1. The summed E-state index contributed by atoms with van der Waals surface area (Å²) in [6.45, 7) is 3.86. The number of hydrogen-bond acceptors (Lipinski definition) is 6. The van der Waals surface area contributed by atoms with E-state index in [4.69, 9.17) is 0 Å². The summed E-state index contributed by atoms with van der Waals surface area (Å²) < 4.78 is 42.1. The SMILES string of the molecule is Cc1ccc(NC(=O)c2ccc(CN3CC[C@H](N(C)C)C3)c(C(F)(F)F)c2)cc1CNc1cnc2[nH]c(C(=O)O)cc2c1. The Hall–Kier alpha value is -4.42. The van der Waals surface area contributed by atoms with Crippen LogP contribution in [0.1, 0.15) is 49.5 Å². The summed E-state index contributed by atoms with van der Waals surface area (Å²) >= 11 is 0. The number of aromatic carboxylic acids is 1. The van der Waals surface area contributed by atoms with E-state index in [1.165, 1.54) is 18.2 Å². The largest absolute Gasteiger partial charge is 0.477 e. The van der Waals surface area contributed by atoms with Crippen molar-refractivity contribution in [1.29, 1.82) is 0 Å². The van der Waals surface area contributed by atoms with Crippen LogP contribution in [0.2, 0.25) is 0 Å². The van der Waals surface area contributed by atoms with Crippen molar-refractivity contribution in [2.24, 2.45) is 0 Å². The lowest BCUT2D eigenvalue weighted by Crippen LogP contribution is -2.31. The molecule has 9 nitrogen and oxygen atoms in total. The normalized spacial score (nSPS) is 15.7. The number of rotatable bonds is 9. The predicted octanol–water partition coefficient (Wildman–Crippen LogP) is 5.59. The van der Waals surface area contributed by atoms with Crippen LogP contribution in [0.25, 0.3) is 11.0 Å². The molecule has 3 heterocycles. The summed E-state index contributed by atoms with van der Waals surface area (Å²) in [5.74, 6) is -1.71. The van der Waals surface area contributed by atoms with Gasteiger partial charge >= 0.3 is 12.1 Å². The van der Waals surface area contributed by atoms with Gasteiger partial charge < -0.3 is 25.6 Å². The lowest BCUT2D eigenvalue weighted by Gasteiger charge is -2.22. The van der Waals surface area contributed by atoms with Gasteiger partial charge in [0, 0.05) is 48.9 Å². The summed E-state index contributed by atoms with van der Waals surface area (Å²) in [5.41, 5.74) is 2.69. The molecule has 12 heteroatoms. The van der Waals surface area contributed by atoms with E-state index in [9.17, 15) is 27.9 Å². The number of aryl methyl sites for hydroxylation is 1. The van der Waals surface area contributed by atoms with E-state index in [1.54, 1.807) is 24.4 Å². The highest BCUT2D eigenvalue weighted by Crippen LogP contribution is 2.34. The van der Waals surface area contributed by atoms with Gasteiger partial charge in [-0.3, -0.25) is 9.69 Å². The van der Waals surface area contributed by atoms with E-state index >= 15 is 0 Å². The van der Waals surface area contributed by atoms with Crippen LogP contribution >= 0.6 is 0 Å². The summed E-state index contributed by atoms with van der Waals surface area (Å²) in [6, 6.07) is 12.6. The van der Waals surface area contributed by atoms with Gasteiger partial charge in [0.2, 0.25) is 0 Å². The van der Waals surface area contributed by atoms with Crippen LogP contribution in [0.3, 0.4) is 0 Å². The lowest BCUT2D eigenvalue weighted by molar-refractivity contribution is -0.138. The van der Waals surface area contributed by atoms with Crippen molar-refractivity contribution in [3.8, 4) is 0 Å². The van der Waals surface area contributed by atoms with Gasteiger partial charge in [0.05, 0.1) is 17.4 Å². The number of pyridine rings is 1. The third-order valence-corrected chi connectivity index (χ3v) is 7.84. The van der Waals surface area contributed by atoms with E-state index in [0.717, 1.165) is 30.2 Å². The first-order valence-electron chi connectivity index (χ1n) is 13.8. The second-order valence-corrected chi connectivity index (χ2v) is 11.1. The highest BCUT2D eigenvalue weighted by Gasteiger charge is 2.35. The van der Waals surface area contributed by atoms with E-state index in [0.29, 0.717) is 41.5 Å². The van der Waals surface area contributed by atoms with E-state index in [-0.39, 0.29) is 23.4 Å². The second kappa shape index (κ2) is 12.1. The number of nitrogens with one attached hydrogen (secondary N) is 3. The molecular weight excluding hydrogens is 561 g/mol. The molecule has 1 atom stereocenters. The Morgan fingerprint density at radius 3 is 2.58 bits per heavy atom. The number of alkyl halides is 3. The van der Waals surface area contributed by atoms with Crippen molar-refractivity contribution in [2.75, 3.05) is 37.8 Å². The highest BCUT2D eigenvalue weighted by atomic mass is 19.4. The van der Waals surface area contributed by atoms with E-state index in [1.807, 2.05) is 32.0 Å². The van der Waals surface area contributed by atoms with E-state index in [2.05, 4.69) is 25.5 Å². The molecule has 0 aliphatic carbocycles. The number of anilines is 2. The number of carboxylic acid groups (broad SMARTS) is 1. The van der Waals surface area contributed by atoms with Crippen LogP contribution in [-0.4, -0.2) is 70.0 Å². The van der Waals surface area contributed by atoms with Gasteiger partial charge in [-0.1, -0.05) is 12.1 Å². The quantitative estimate of drug-likeness (QED) is 0.200. The Morgan fingerprint density at radius 1 is 1.09 bits per heavy atom. The Morgan fingerprint density at radius 2 is 1.88 bits per heavy atom. The number of aromatic amines is 1. The fourth-order valence-corrected chi connectivity index (χ4v) is 5.31. The maximum Gasteiger partial charge on any atom is 0.416 e. The van der Waals surface area contributed by atoms with Crippen LogP contribution in [0.5, 0.6) is 0 Å². The Bertz CT molecular complexity index is 1670. The van der Waals surface area contributed by atoms with Crippen molar-refractivity contribution in [2.45, 2.75) is 38.7 Å². The monoisotopic (exact) mass is 594 g/mol. The molecule has 1 amide bonds. The molecule has 1 aliphatic heterocycles. The van der Waals surface area contributed by atoms with Gasteiger partial charge in [-0.15, -0.1) is 0 Å². The zero-order valence-corrected chi connectivity index (χ0v) is 24.0. The first-order chi connectivity index (χ1) is 20.4. The minimum Gasteiger partial charge on any atom is -0.477 e. The van der Waals surface area contributed by atoms with Crippen molar-refractivity contribution in [3.63, 3.8) is 0 Å². The molecule has 2 aromatic carbocycles. The minimum atomic E-state index is -4.59. The third kappa shape index (κ3) is 6.98. The number of aromatic nitrogens is 2. The number of carboxylic acids is 1. The van der Waals surface area contributed by atoms with Gasteiger partial charge in [-0.05, 0) is 80.5 Å². The molecule has 0 bridgehead atoms. The number of benzene rings is 2. The molecular formula is C31H33F3N6O3. The number of fused-ring (bicyclic) bond motifs is 1. The fraction of sp³-hybridized carbons (Fsp3) is 0.323. The molecule has 43 heavy (non-hydrogen) atoms. The molecule has 1 aliphatic rings. The molecule has 2 aromatic heterocycles. The summed E-state index contributed by atoms with van der Waals surface area (Å²) in [5, 5.41) is 15.8. The predicted molar refractivity (Wildman–Crippen MR) is 158 cm³/mol. The molecule has 0 unspecified atom stereocenters. The Kier molecular flexibility index (Phi) is 8.43. The minimum absolute atomic E-state index is 0.0423. The smallest absolute Gasteiger partial charge is 0.416 e. The lowest BCUT2D eigenvalue weighted by atomic mass is 10.0. The standard InChI is InChI=1S/C31H33F3N6O3/c1-18-4-7-23(11-22(18)14-35-24-10-21-13-27(30(42)43)38-28(21)36-15-24)37-29(41)19-5-6-20(26(12-19)31(32,33)34)16-40-9-8-25(17-40)39(2)3/h4-7,10-13,15,25,35H,8-9,14,16-17H2,1-3H3,(H,36,38)(H,37,41)(H,42,43)/t25-/m0/s1. The number of H-pyrrole nitrogens is 1. The van der Waals surface area contributed by atoms with Crippen LogP contribution in [0.15, 0.2) is 54.7 Å². The first-order valence-corrected chi connectivity index (χ1v) is 13.8. The van der Waals surface area contributed by atoms with Gasteiger partial charge in [0.25, 0.3) is 5.91 Å². The van der Waals surface area contributed by atoms with Crippen LogP contribution < -0.4 is 10.6 Å². The maximum atomic E-state index is 14.0. The van der Waals surface area contributed by atoms with Crippen molar-refractivity contribution >= 4 is 34.3 Å². The van der Waals surface area contributed by atoms with Gasteiger partial charge in [0.15, 0.2) is 0 Å². The number of nitrogens with zero attached hydrogens (tertiary/aromatic N) is 3. The summed E-state index contributed by atoms with van der Waals surface area (Å²) in [7, 11) is 3.94. The molecule has 0 spiro atoms. The number of likely N-dealkylation sites (N-methyl/N-ethyl adjacent to an activating group) is 1. The highest BCUT2D eigenvalue weighted by molar-refractivity contribution is 6.04. The van der Waals surface area contributed by atoms with Gasteiger partial charge in [0.1, 0.15) is 11.3 Å². The second-order valence-electron chi connectivity index (χ2n) is 11.1. The number of carbonyl (C=O) groups is 2. The average molecular weight is 595 g/mol. The number of likely N-dealkylation sites (tertiary alicyclic amines) is 1. The van der Waals surface area contributed by atoms with Crippen molar-refractivity contribution in [3.05, 3.63) is 88.2 Å². The van der Waals surface area contributed by atoms with Crippen LogP contribution in [0.4, 0.5) is 24.5 Å². The van der Waals surface area contributed by atoms with Gasteiger partial charge in [-0.2, -0.15) is 13.2 Å². The van der Waals surface area contributed by atoms with E-state index < -0.39 is 23.6 Å². The zero-order valence-electron chi connectivity index (χ0n) is 24.0. The van der Waals surface area contributed by atoms with Crippen LogP contribution in [-0.2, 0) is 19.3 Å². The fourth-order valence-electron chi connectivity index (χ4n) is 5.31. The molecule has 0 radical (unpaired) electrons. The molecule has 1 saturated heterocycles. The van der Waals surface area contributed by atoms with Crippen molar-refractivity contribution in [1.82, 2.24) is 19.8 Å². The van der Waals surface area contributed by atoms with Gasteiger partial charge in [-0.25, -0.2) is 9.78 Å². The van der Waals surface area contributed by atoms with Crippen LogP contribution in [0, 0.1) is 6.92 Å². The number of amides is 1. The Balaban J connectivity index is 1.28.